The van der Waals surface area contributed by atoms with Gasteiger partial charge < -0.3 is 0 Å². The Kier molecular flexibility index (Phi) is 4.96. The summed E-state index contributed by atoms with van der Waals surface area (Å²) in [7, 11) is 2.07. The van der Waals surface area contributed by atoms with E-state index >= 15 is 0 Å². The van der Waals surface area contributed by atoms with E-state index in [2.05, 4.69) is 18.9 Å². The van der Waals surface area contributed by atoms with Gasteiger partial charge >= 0.3 is 0 Å². The summed E-state index contributed by atoms with van der Waals surface area (Å²) in [6.45, 7) is 8.18. The van der Waals surface area contributed by atoms with Crippen LogP contribution in [0.25, 0.3) is 5.69 Å². The first-order chi connectivity index (χ1) is 12.3. The molecule has 0 unspecified atom stereocenters. The molecule has 0 bridgehead atoms. The van der Waals surface area contributed by atoms with Crippen molar-refractivity contribution in [1.29, 1.82) is 0 Å². The van der Waals surface area contributed by atoms with Crippen LogP contribution in [-0.2, 0) is 11.2 Å². The average Bonchev–Trinajstić information content (AvgIpc) is 2.98. The number of nitrogens with zero attached hydrogens (tertiary/aromatic N) is 4. The van der Waals surface area contributed by atoms with Gasteiger partial charge in [0, 0.05) is 37.7 Å². The lowest BCUT2D eigenvalue weighted by Crippen LogP contribution is -2.32. The summed E-state index contributed by atoms with van der Waals surface area (Å²) < 4.78 is 15.5. The van der Waals surface area contributed by atoms with Crippen molar-refractivity contribution in [3.05, 3.63) is 53.1 Å². The van der Waals surface area contributed by atoms with Crippen molar-refractivity contribution in [3.8, 4) is 5.69 Å². The molecule has 0 saturated heterocycles. The van der Waals surface area contributed by atoms with Crippen LogP contribution in [0, 0.1) is 12.7 Å². The predicted octanol–water partition coefficient (Wildman–Crippen LogP) is 3.76. The van der Waals surface area contributed by atoms with E-state index in [4.69, 9.17) is 5.10 Å². The summed E-state index contributed by atoms with van der Waals surface area (Å²) in [6.07, 6.45) is 4.41. The Morgan fingerprint density at radius 2 is 2.15 bits per heavy atom. The van der Waals surface area contributed by atoms with Gasteiger partial charge in [0.05, 0.1) is 11.4 Å². The van der Waals surface area contributed by atoms with Crippen molar-refractivity contribution in [1.82, 2.24) is 14.7 Å². The van der Waals surface area contributed by atoms with Gasteiger partial charge in [-0.05, 0) is 51.6 Å². The quantitative estimate of drug-likeness (QED) is 0.841. The fourth-order valence-corrected chi connectivity index (χ4v) is 3.42. The first-order valence-corrected chi connectivity index (χ1v) is 8.86. The molecule has 138 valence electrons. The molecule has 5 nitrogen and oxygen atoms in total. The lowest BCUT2D eigenvalue weighted by molar-refractivity contribution is -0.116. The Bertz CT molecular complexity index is 871. The summed E-state index contributed by atoms with van der Waals surface area (Å²) in [5.74, 6) is 0.388. The standard InChI is InChI=1S/C20H25FN4O/c1-6-10-24(15(4)26)20-19-14(3)23(5)11-9-18(19)22-25(20)16-7-8-17(21)13(2)12-16/h6-8,10,12,14H,9,11H2,1-5H3/b10-6-/t14-/m0/s1. The zero-order chi connectivity index (χ0) is 19.0. The van der Waals surface area contributed by atoms with Crippen LogP contribution in [0.5, 0.6) is 0 Å². The third-order valence-corrected chi connectivity index (χ3v) is 5.01. The Balaban J connectivity index is 2.29. The Morgan fingerprint density at radius 3 is 2.77 bits per heavy atom. The first-order valence-electron chi connectivity index (χ1n) is 8.86. The Morgan fingerprint density at radius 1 is 1.42 bits per heavy atom. The molecule has 0 saturated carbocycles. The van der Waals surface area contributed by atoms with Gasteiger partial charge in [-0.25, -0.2) is 9.07 Å². The van der Waals surface area contributed by atoms with Gasteiger partial charge in [-0.15, -0.1) is 0 Å². The van der Waals surface area contributed by atoms with E-state index in [0.29, 0.717) is 5.56 Å². The molecule has 3 rings (SSSR count). The number of hydrogen-bond acceptors (Lipinski definition) is 3. The molecule has 1 aliphatic heterocycles. The second-order valence-corrected chi connectivity index (χ2v) is 6.81. The third-order valence-electron chi connectivity index (χ3n) is 5.01. The van der Waals surface area contributed by atoms with E-state index in [0.717, 1.165) is 35.7 Å². The predicted molar refractivity (Wildman–Crippen MR) is 101 cm³/mol. The number of benzene rings is 1. The van der Waals surface area contributed by atoms with Gasteiger partial charge in [-0.1, -0.05) is 6.08 Å². The van der Waals surface area contributed by atoms with E-state index in [1.165, 1.54) is 13.0 Å². The molecule has 0 N–H and O–H groups in total. The Hall–Kier alpha value is -2.47. The van der Waals surface area contributed by atoms with Crippen LogP contribution < -0.4 is 4.90 Å². The molecule has 1 aromatic carbocycles. The van der Waals surface area contributed by atoms with Gasteiger partial charge in [-0.3, -0.25) is 14.6 Å². The van der Waals surface area contributed by atoms with Crippen molar-refractivity contribution in [2.24, 2.45) is 0 Å². The minimum absolute atomic E-state index is 0.0914. The summed E-state index contributed by atoms with van der Waals surface area (Å²) in [6, 6.07) is 5.04. The van der Waals surface area contributed by atoms with Crippen LogP contribution in [0.15, 0.2) is 30.5 Å². The van der Waals surface area contributed by atoms with Crippen LogP contribution in [-0.4, -0.2) is 34.2 Å². The number of amides is 1. The van der Waals surface area contributed by atoms with Crippen molar-refractivity contribution in [2.45, 2.75) is 40.2 Å². The van der Waals surface area contributed by atoms with Crippen molar-refractivity contribution in [3.63, 3.8) is 0 Å². The maximum Gasteiger partial charge on any atom is 0.229 e. The highest BCUT2D eigenvalue weighted by Gasteiger charge is 2.32. The summed E-state index contributed by atoms with van der Waals surface area (Å²) >= 11 is 0. The number of hydrogen-bond donors (Lipinski definition) is 0. The molecule has 0 spiro atoms. The van der Waals surface area contributed by atoms with Gasteiger partial charge in [0.25, 0.3) is 0 Å². The molecule has 0 fully saturated rings. The van der Waals surface area contributed by atoms with Crippen LogP contribution in [0.4, 0.5) is 10.2 Å². The largest absolute Gasteiger partial charge is 0.299 e. The smallest absolute Gasteiger partial charge is 0.229 e. The highest BCUT2D eigenvalue weighted by atomic mass is 19.1. The second-order valence-electron chi connectivity index (χ2n) is 6.81. The molecular weight excluding hydrogens is 331 g/mol. The SMILES string of the molecule is C/C=C\N(C(C)=O)c1c2c(nn1-c1ccc(F)c(C)c1)CCN(C)[C@H]2C. The third kappa shape index (κ3) is 3.05. The van der Waals surface area contributed by atoms with E-state index in [1.54, 1.807) is 34.8 Å². The maximum atomic E-state index is 13.8. The highest BCUT2D eigenvalue weighted by Crippen LogP contribution is 2.38. The van der Waals surface area contributed by atoms with Crippen LogP contribution in [0.2, 0.25) is 0 Å². The topological polar surface area (TPSA) is 41.4 Å². The van der Waals surface area contributed by atoms with Gasteiger partial charge in [0.1, 0.15) is 11.6 Å². The number of rotatable bonds is 3. The lowest BCUT2D eigenvalue weighted by atomic mass is 10.00. The molecule has 0 aliphatic carbocycles. The number of likely N-dealkylation sites (N-methyl/N-ethyl adjacent to an activating group) is 1. The second kappa shape index (κ2) is 7.03. The van der Waals surface area contributed by atoms with Gasteiger partial charge in [0.2, 0.25) is 5.91 Å². The molecular formula is C20H25FN4O. The molecule has 6 heteroatoms. The number of fused-ring (bicyclic) bond motifs is 1. The molecule has 1 atom stereocenters. The van der Waals surface area contributed by atoms with Gasteiger partial charge in [0.15, 0.2) is 0 Å². The van der Waals surface area contributed by atoms with Crippen molar-refractivity contribution >= 4 is 11.7 Å². The molecule has 1 amide bonds. The fraction of sp³-hybridized carbons (Fsp3) is 0.400. The number of aromatic nitrogens is 2. The zero-order valence-electron chi connectivity index (χ0n) is 16.0. The molecule has 1 aromatic heterocycles. The van der Waals surface area contributed by atoms with E-state index < -0.39 is 0 Å². The molecule has 2 aromatic rings. The van der Waals surface area contributed by atoms with Crippen LogP contribution >= 0.6 is 0 Å². The Labute approximate surface area is 153 Å². The summed E-state index contributed by atoms with van der Waals surface area (Å²) in [5.41, 5.74) is 3.34. The number of halogens is 1. The molecule has 26 heavy (non-hydrogen) atoms. The summed E-state index contributed by atoms with van der Waals surface area (Å²) in [5, 5.41) is 4.80. The van der Waals surface area contributed by atoms with Crippen molar-refractivity contribution < 1.29 is 9.18 Å². The molecule has 1 aliphatic rings. The lowest BCUT2D eigenvalue weighted by Gasteiger charge is -2.31. The van der Waals surface area contributed by atoms with Gasteiger partial charge in [-0.2, -0.15) is 5.10 Å². The van der Waals surface area contributed by atoms with Crippen LogP contribution in [0.3, 0.4) is 0 Å². The number of carbonyl (C=O) groups excluding carboxylic acids is 1. The minimum Gasteiger partial charge on any atom is -0.299 e. The number of allylic oxidation sites excluding steroid dienone is 1. The summed E-state index contributed by atoms with van der Waals surface area (Å²) in [4.78, 5) is 16.2. The highest BCUT2D eigenvalue weighted by molar-refractivity contribution is 5.94. The molecule has 2 heterocycles. The fourth-order valence-electron chi connectivity index (χ4n) is 3.42. The minimum atomic E-state index is -0.253. The van der Waals surface area contributed by atoms with E-state index in [9.17, 15) is 9.18 Å². The van der Waals surface area contributed by atoms with E-state index in [1.807, 2.05) is 13.0 Å². The normalized spacial score (nSPS) is 17.5. The van der Waals surface area contributed by atoms with E-state index in [-0.39, 0.29) is 17.8 Å². The van der Waals surface area contributed by atoms with Crippen molar-refractivity contribution in [2.75, 3.05) is 18.5 Å². The number of carbonyl (C=O) groups is 1. The maximum absolute atomic E-state index is 13.8. The zero-order valence-corrected chi connectivity index (χ0v) is 16.0. The number of anilines is 1. The first kappa shape index (κ1) is 18.3. The average molecular weight is 356 g/mol. The monoisotopic (exact) mass is 356 g/mol. The number of aryl methyl sites for hydroxylation is 1. The van der Waals surface area contributed by atoms with Crippen LogP contribution in [0.1, 0.15) is 43.6 Å². The molecule has 0 radical (unpaired) electrons.